The summed E-state index contributed by atoms with van der Waals surface area (Å²) >= 11 is 1.67. The molecule has 0 aliphatic carbocycles. The molecule has 0 spiro atoms. The zero-order valence-corrected chi connectivity index (χ0v) is 11.0. The number of sulfone groups is 1. The Bertz CT molecular complexity index is 338. The van der Waals surface area contributed by atoms with Crippen LogP contribution in [-0.4, -0.2) is 43.9 Å². The molecule has 2 atom stereocenters. The van der Waals surface area contributed by atoms with E-state index in [9.17, 15) is 8.42 Å². The SMILES string of the molecule is CC1CN=C(NC(C)CS(C)(=O)=O)SC1. The molecule has 0 aromatic carbocycles. The summed E-state index contributed by atoms with van der Waals surface area (Å²) in [5, 5.41) is 4.01. The molecule has 0 radical (unpaired) electrons. The fraction of sp³-hybridized carbons (Fsp3) is 0.889. The highest BCUT2D eigenvalue weighted by molar-refractivity contribution is 8.13. The van der Waals surface area contributed by atoms with E-state index in [-0.39, 0.29) is 11.8 Å². The van der Waals surface area contributed by atoms with Crippen molar-refractivity contribution in [2.24, 2.45) is 10.9 Å². The predicted molar refractivity (Wildman–Crippen MR) is 66.2 cm³/mol. The molecule has 2 unspecified atom stereocenters. The lowest BCUT2D eigenvalue weighted by atomic mass is 10.2. The second kappa shape index (κ2) is 5.21. The Hall–Kier alpha value is -0.230. The van der Waals surface area contributed by atoms with Crippen LogP contribution >= 0.6 is 11.8 Å². The number of thioether (sulfide) groups is 1. The molecule has 0 aromatic rings. The van der Waals surface area contributed by atoms with Crippen molar-refractivity contribution in [3.05, 3.63) is 0 Å². The molecule has 1 rings (SSSR count). The average molecular weight is 250 g/mol. The quantitative estimate of drug-likeness (QED) is 0.803. The molecule has 1 aliphatic heterocycles. The topological polar surface area (TPSA) is 58.5 Å². The number of amidine groups is 1. The van der Waals surface area contributed by atoms with Crippen LogP contribution in [0.15, 0.2) is 4.99 Å². The lowest BCUT2D eigenvalue weighted by Crippen LogP contribution is -2.37. The molecular formula is C9H18N2O2S2. The normalized spacial score (nSPS) is 24.5. The predicted octanol–water partition coefficient (Wildman–Crippen LogP) is 0.748. The summed E-state index contributed by atoms with van der Waals surface area (Å²) in [6.45, 7) is 4.86. The molecule has 0 aromatic heterocycles. The number of rotatable bonds is 3. The Kier molecular flexibility index (Phi) is 4.45. The summed E-state index contributed by atoms with van der Waals surface area (Å²) in [7, 11) is -2.91. The standard InChI is InChI=1S/C9H18N2O2S2/c1-7-4-10-9(14-5-7)11-8(2)6-15(3,12)13/h7-8H,4-6H2,1-3H3,(H,10,11). The first kappa shape index (κ1) is 12.8. The van der Waals surface area contributed by atoms with Gasteiger partial charge in [-0.2, -0.15) is 0 Å². The fourth-order valence-electron chi connectivity index (χ4n) is 1.35. The van der Waals surface area contributed by atoms with Crippen molar-refractivity contribution in [3.63, 3.8) is 0 Å². The highest BCUT2D eigenvalue weighted by Gasteiger charge is 2.16. The molecule has 6 heteroatoms. The number of nitrogens with zero attached hydrogens (tertiary/aromatic N) is 1. The van der Waals surface area contributed by atoms with Crippen LogP contribution < -0.4 is 5.32 Å². The van der Waals surface area contributed by atoms with Gasteiger partial charge in [0.15, 0.2) is 5.17 Å². The Morgan fingerprint density at radius 3 is 2.80 bits per heavy atom. The Balaban J connectivity index is 2.42. The van der Waals surface area contributed by atoms with Crippen LogP contribution in [0.3, 0.4) is 0 Å². The van der Waals surface area contributed by atoms with Gasteiger partial charge in [0.2, 0.25) is 0 Å². The van der Waals surface area contributed by atoms with Gasteiger partial charge in [-0.25, -0.2) is 8.42 Å². The Morgan fingerprint density at radius 2 is 2.33 bits per heavy atom. The van der Waals surface area contributed by atoms with Crippen molar-refractivity contribution in [3.8, 4) is 0 Å². The maximum atomic E-state index is 11.0. The van der Waals surface area contributed by atoms with E-state index in [2.05, 4.69) is 17.2 Å². The third-order valence-electron chi connectivity index (χ3n) is 1.97. The molecule has 1 N–H and O–H groups in total. The fourth-order valence-corrected chi connectivity index (χ4v) is 3.34. The van der Waals surface area contributed by atoms with Crippen LogP contribution in [0.5, 0.6) is 0 Å². The largest absolute Gasteiger partial charge is 0.361 e. The average Bonchev–Trinajstić information content (AvgIpc) is 2.05. The summed E-state index contributed by atoms with van der Waals surface area (Å²) in [6.07, 6.45) is 1.25. The van der Waals surface area contributed by atoms with E-state index in [1.54, 1.807) is 11.8 Å². The van der Waals surface area contributed by atoms with Gasteiger partial charge >= 0.3 is 0 Å². The number of hydrogen-bond acceptors (Lipinski definition) is 5. The molecule has 88 valence electrons. The molecule has 0 fully saturated rings. The first-order valence-corrected chi connectivity index (χ1v) is 8.03. The number of hydrogen-bond donors (Lipinski definition) is 1. The minimum absolute atomic E-state index is 0.0698. The van der Waals surface area contributed by atoms with Gasteiger partial charge in [-0.05, 0) is 12.8 Å². The molecule has 4 nitrogen and oxygen atoms in total. The zero-order valence-electron chi connectivity index (χ0n) is 9.36. The van der Waals surface area contributed by atoms with Gasteiger partial charge in [0.05, 0.1) is 5.75 Å². The molecular weight excluding hydrogens is 232 g/mol. The van der Waals surface area contributed by atoms with Crippen molar-refractivity contribution in [1.29, 1.82) is 0 Å². The van der Waals surface area contributed by atoms with Gasteiger partial charge in [0, 0.05) is 24.6 Å². The van der Waals surface area contributed by atoms with Crippen LogP contribution in [0.1, 0.15) is 13.8 Å². The first-order chi connectivity index (χ1) is 6.87. The molecule has 0 saturated carbocycles. The molecule has 1 aliphatic rings. The molecule has 1 heterocycles. The molecule has 0 bridgehead atoms. The van der Waals surface area contributed by atoms with Crippen molar-refractivity contribution in [2.75, 3.05) is 24.3 Å². The molecule has 0 saturated heterocycles. The smallest absolute Gasteiger partial charge is 0.156 e. The summed E-state index contributed by atoms with van der Waals surface area (Å²) in [6, 6.07) is -0.0698. The molecule has 15 heavy (non-hydrogen) atoms. The highest BCUT2D eigenvalue weighted by Crippen LogP contribution is 2.15. The second-order valence-electron chi connectivity index (χ2n) is 4.20. The summed E-state index contributed by atoms with van der Waals surface area (Å²) in [5.41, 5.74) is 0. The van der Waals surface area contributed by atoms with E-state index in [0.29, 0.717) is 5.92 Å². The van der Waals surface area contributed by atoms with Gasteiger partial charge in [-0.3, -0.25) is 4.99 Å². The van der Waals surface area contributed by atoms with Crippen LogP contribution in [0.2, 0.25) is 0 Å². The van der Waals surface area contributed by atoms with E-state index in [0.717, 1.165) is 17.5 Å². The van der Waals surface area contributed by atoms with Crippen LogP contribution in [0, 0.1) is 5.92 Å². The monoisotopic (exact) mass is 250 g/mol. The van der Waals surface area contributed by atoms with Gasteiger partial charge < -0.3 is 5.32 Å². The van der Waals surface area contributed by atoms with E-state index < -0.39 is 9.84 Å². The van der Waals surface area contributed by atoms with Crippen LogP contribution in [0.4, 0.5) is 0 Å². The lowest BCUT2D eigenvalue weighted by Gasteiger charge is -2.21. The minimum atomic E-state index is -2.91. The first-order valence-electron chi connectivity index (χ1n) is 4.98. The highest BCUT2D eigenvalue weighted by atomic mass is 32.2. The van der Waals surface area contributed by atoms with Gasteiger partial charge in [-0.1, -0.05) is 18.7 Å². The third kappa shape index (κ3) is 5.41. The van der Waals surface area contributed by atoms with Crippen molar-refractivity contribution < 1.29 is 8.42 Å². The van der Waals surface area contributed by atoms with E-state index in [4.69, 9.17) is 0 Å². The van der Waals surface area contributed by atoms with Gasteiger partial charge in [-0.15, -0.1) is 0 Å². The van der Waals surface area contributed by atoms with E-state index in [1.807, 2.05) is 6.92 Å². The maximum absolute atomic E-state index is 11.0. The number of aliphatic imine (C=N–C) groups is 1. The summed E-state index contributed by atoms with van der Waals surface area (Å²) < 4.78 is 22.1. The lowest BCUT2D eigenvalue weighted by molar-refractivity contribution is 0.590. The zero-order chi connectivity index (χ0) is 11.5. The van der Waals surface area contributed by atoms with E-state index in [1.165, 1.54) is 6.26 Å². The van der Waals surface area contributed by atoms with Gasteiger partial charge in [0.25, 0.3) is 0 Å². The summed E-state index contributed by atoms with van der Waals surface area (Å²) in [4.78, 5) is 4.35. The Labute approximate surface area is 95.8 Å². The van der Waals surface area contributed by atoms with Crippen LogP contribution in [0.25, 0.3) is 0 Å². The van der Waals surface area contributed by atoms with E-state index >= 15 is 0 Å². The maximum Gasteiger partial charge on any atom is 0.156 e. The number of nitrogens with one attached hydrogen (secondary N) is 1. The Morgan fingerprint density at radius 1 is 1.67 bits per heavy atom. The van der Waals surface area contributed by atoms with Crippen molar-refractivity contribution in [1.82, 2.24) is 5.32 Å². The second-order valence-corrected chi connectivity index (χ2v) is 7.39. The minimum Gasteiger partial charge on any atom is -0.361 e. The van der Waals surface area contributed by atoms with Crippen molar-refractivity contribution >= 4 is 26.8 Å². The van der Waals surface area contributed by atoms with Gasteiger partial charge in [0.1, 0.15) is 9.84 Å². The summed E-state index contributed by atoms with van der Waals surface area (Å²) in [5.74, 6) is 1.82. The molecule has 0 amide bonds. The third-order valence-corrected chi connectivity index (χ3v) is 4.34. The van der Waals surface area contributed by atoms with Crippen LogP contribution in [-0.2, 0) is 9.84 Å². The van der Waals surface area contributed by atoms with Crippen molar-refractivity contribution in [2.45, 2.75) is 19.9 Å².